The summed E-state index contributed by atoms with van der Waals surface area (Å²) in [5, 5.41) is 9.25. The maximum absolute atomic E-state index is 12.4. The Labute approximate surface area is 126 Å². The van der Waals surface area contributed by atoms with Gasteiger partial charge in [0.2, 0.25) is 0 Å². The highest BCUT2D eigenvalue weighted by molar-refractivity contribution is 7.16. The average molecular weight is 317 g/mol. The van der Waals surface area contributed by atoms with E-state index in [0.717, 1.165) is 11.3 Å². The number of aliphatic carboxylic acids is 1. The first-order valence-electron chi connectivity index (χ1n) is 6.39. The fourth-order valence-electron chi connectivity index (χ4n) is 2.50. The number of halogens is 1. The second-order valence-corrected chi connectivity index (χ2v) is 6.89. The van der Waals surface area contributed by atoms with Gasteiger partial charge in [-0.05, 0) is 24.5 Å². The third-order valence-corrected chi connectivity index (χ3v) is 4.76. The van der Waals surface area contributed by atoms with Crippen LogP contribution in [0.15, 0.2) is 12.1 Å². The number of amides is 2. The van der Waals surface area contributed by atoms with Crippen molar-refractivity contribution in [3.05, 3.63) is 21.3 Å². The number of carboxylic acids is 1. The topological polar surface area (TPSA) is 60.9 Å². The summed E-state index contributed by atoms with van der Waals surface area (Å²) >= 11 is 7.28. The van der Waals surface area contributed by atoms with Crippen molar-refractivity contribution < 1.29 is 14.7 Å². The molecule has 1 aromatic heterocycles. The third-order valence-electron chi connectivity index (χ3n) is 3.55. The van der Waals surface area contributed by atoms with Crippen LogP contribution < -0.4 is 0 Å². The lowest BCUT2D eigenvalue weighted by molar-refractivity contribution is -0.142. The predicted molar refractivity (Wildman–Crippen MR) is 78.1 cm³/mol. The van der Waals surface area contributed by atoms with E-state index in [0.29, 0.717) is 17.4 Å². The summed E-state index contributed by atoms with van der Waals surface area (Å²) in [6.07, 6.45) is 0.724. The Bertz CT molecular complexity index is 519. The molecule has 0 aromatic carbocycles. The number of carboxylic acid groups (broad SMARTS) is 1. The zero-order chi connectivity index (χ0) is 14.9. The van der Waals surface area contributed by atoms with Gasteiger partial charge in [-0.1, -0.05) is 18.5 Å². The third kappa shape index (κ3) is 3.07. The summed E-state index contributed by atoms with van der Waals surface area (Å²) in [6, 6.07) is 2.69. The van der Waals surface area contributed by atoms with Crippen molar-refractivity contribution >= 4 is 34.9 Å². The Balaban J connectivity index is 2.04. The molecule has 1 aromatic rings. The highest BCUT2D eigenvalue weighted by atomic mass is 35.5. The van der Waals surface area contributed by atoms with Gasteiger partial charge in [0.05, 0.1) is 10.9 Å². The molecule has 1 aliphatic rings. The molecule has 0 radical (unpaired) electrons. The van der Waals surface area contributed by atoms with Crippen LogP contribution >= 0.6 is 22.9 Å². The van der Waals surface area contributed by atoms with Crippen LogP contribution in [0.2, 0.25) is 4.34 Å². The monoisotopic (exact) mass is 316 g/mol. The number of hydrogen-bond acceptors (Lipinski definition) is 3. The number of likely N-dealkylation sites (tertiary alicyclic amines) is 1. The maximum atomic E-state index is 12.4. The Morgan fingerprint density at radius 1 is 1.55 bits per heavy atom. The lowest BCUT2D eigenvalue weighted by atomic mass is 10.0. The van der Waals surface area contributed by atoms with Gasteiger partial charge >= 0.3 is 12.0 Å². The van der Waals surface area contributed by atoms with E-state index >= 15 is 0 Å². The normalized spacial score (nSPS) is 22.1. The number of carbonyl (C=O) groups excluding carboxylic acids is 1. The fraction of sp³-hybridized carbons (Fsp3) is 0.538. The Hall–Kier alpha value is -1.27. The molecule has 2 rings (SSSR count). The quantitative estimate of drug-likeness (QED) is 0.932. The van der Waals surface area contributed by atoms with Crippen LogP contribution in [0.3, 0.4) is 0 Å². The summed E-state index contributed by atoms with van der Waals surface area (Å²) in [6.45, 7) is 2.80. The van der Waals surface area contributed by atoms with Crippen molar-refractivity contribution in [1.29, 1.82) is 0 Å². The minimum absolute atomic E-state index is 0.0129. The van der Waals surface area contributed by atoms with Gasteiger partial charge in [-0.15, -0.1) is 11.3 Å². The van der Waals surface area contributed by atoms with Crippen molar-refractivity contribution in [2.24, 2.45) is 5.92 Å². The minimum atomic E-state index is -0.934. The second-order valence-electron chi connectivity index (χ2n) is 5.09. The second kappa shape index (κ2) is 6.01. The lowest BCUT2D eigenvalue weighted by Crippen LogP contribution is -2.47. The first kappa shape index (κ1) is 15.1. The first-order chi connectivity index (χ1) is 9.40. The number of rotatable bonds is 3. The molecule has 2 atom stereocenters. The molecule has 0 bridgehead atoms. The molecule has 2 heterocycles. The van der Waals surface area contributed by atoms with Crippen LogP contribution in [0.1, 0.15) is 18.2 Å². The van der Waals surface area contributed by atoms with Gasteiger partial charge in [-0.25, -0.2) is 9.59 Å². The van der Waals surface area contributed by atoms with Crippen LogP contribution in [0.25, 0.3) is 0 Å². The van der Waals surface area contributed by atoms with Crippen molar-refractivity contribution in [3.8, 4) is 0 Å². The number of thiophene rings is 1. The standard InChI is InChI=1S/C13H17ClN2O3S/c1-8-5-6-16(11(8)12(17)18)13(19)15(2)7-9-3-4-10(14)20-9/h3-4,8,11H,5-7H2,1-2H3,(H,17,18). The lowest BCUT2D eigenvalue weighted by Gasteiger charge is -2.28. The number of nitrogens with zero attached hydrogens (tertiary/aromatic N) is 2. The summed E-state index contributed by atoms with van der Waals surface area (Å²) < 4.78 is 0.680. The fourth-order valence-corrected chi connectivity index (χ4v) is 3.64. The molecule has 20 heavy (non-hydrogen) atoms. The zero-order valence-corrected chi connectivity index (χ0v) is 12.9. The summed E-state index contributed by atoms with van der Waals surface area (Å²) in [4.78, 5) is 27.6. The molecule has 7 heteroatoms. The van der Waals surface area contributed by atoms with E-state index in [2.05, 4.69) is 0 Å². The molecule has 5 nitrogen and oxygen atoms in total. The number of hydrogen-bond donors (Lipinski definition) is 1. The van der Waals surface area contributed by atoms with Crippen LogP contribution in [0, 0.1) is 5.92 Å². The Kier molecular flexibility index (Phi) is 4.55. The Morgan fingerprint density at radius 2 is 2.25 bits per heavy atom. The van der Waals surface area contributed by atoms with Crippen molar-refractivity contribution in [1.82, 2.24) is 9.80 Å². The van der Waals surface area contributed by atoms with Gasteiger partial charge in [-0.2, -0.15) is 0 Å². The summed E-state index contributed by atoms with van der Waals surface area (Å²) in [5.74, 6) is -0.947. The van der Waals surface area contributed by atoms with Crippen LogP contribution in [-0.4, -0.2) is 46.5 Å². The van der Waals surface area contributed by atoms with Gasteiger partial charge < -0.3 is 14.9 Å². The number of carbonyl (C=O) groups is 2. The van der Waals surface area contributed by atoms with E-state index in [9.17, 15) is 14.7 Å². The van der Waals surface area contributed by atoms with E-state index in [4.69, 9.17) is 11.6 Å². The molecule has 1 N–H and O–H groups in total. The van der Waals surface area contributed by atoms with Crippen molar-refractivity contribution in [2.45, 2.75) is 25.9 Å². The van der Waals surface area contributed by atoms with Crippen LogP contribution in [0.4, 0.5) is 4.79 Å². The number of urea groups is 1. The SMILES string of the molecule is CC1CCN(C(=O)N(C)Cc2ccc(Cl)s2)C1C(=O)O. The molecular weight excluding hydrogens is 300 g/mol. The van der Waals surface area contributed by atoms with Crippen LogP contribution in [0.5, 0.6) is 0 Å². The van der Waals surface area contributed by atoms with Crippen molar-refractivity contribution in [3.63, 3.8) is 0 Å². The maximum Gasteiger partial charge on any atom is 0.326 e. The summed E-state index contributed by atoms with van der Waals surface area (Å²) in [5.41, 5.74) is 0. The van der Waals surface area contributed by atoms with Gasteiger partial charge in [0.25, 0.3) is 0 Å². The van der Waals surface area contributed by atoms with E-state index in [1.807, 2.05) is 13.0 Å². The molecule has 2 amide bonds. The van der Waals surface area contributed by atoms with Gasteiger partial charge in [0.15, 0.2) is 0 Å². The van der Waals surface area contributed by atoms with E-state index in [1.165, 1.54) is 21.1 Å². The molecule has 110 valence electrons. The minimum Gasteiger partial charge on any atom is -0.480 e. The molecule has 0 spiro atoms. The van der Waals surface area contributed by atoms with E-state index in [1.54, 1.807) is 13.1 Å². The molecule has 0 aliphatic carbocycles. The van der Waals surface area contributed by atoms with E-state index < -0.39 is 12.0 Å². The van der Waals surface area contributed by atoms with Gasteiger partial charge in [0, 0.05) is 18.5 Å². The van der Waals surface area contributed by atoms with E-state index in [-0.39, 0.29) is 11.9 Å². The first-order valence-corrected chi connectivity index (χ1v) is 7.58. The Morgan fingerprint density at radius 3 is 2.80 bits per heavy atom. The smallest absolute Gasteiger partial charge is 0.326 e. The van der Waals surface area contributed by atoms with Crippen molar-refractivity contribution in [2.75, 3.05) is 13.6 Å². The predicted octanol–water partition coefficient (Wildman–Crippen LogP) is 2.75. The zero-order valence-electron chi connectivity index (χ0n) is 11.4. The molecule has 0 saturated carbocycles. The molecule has 1 aliphatic heterocycles. The largest absolute Gasteiger partial charge is 0.480 e. The highest BCUT2D eigenvalue weighted by Gasteiger charge is 2.40. The summed E-state index contributed by atoms with van der Waals surface area (Å²) in [7, 11) is 1.68. The molecule has 1 fully saturated rings. The molecule has 1 saturated heterocycles. The highest BCUT2D eigenvalue weighted by Crippen LogP contribution is 2.27. The average Bonchev–Trinajstić information content (AvgIpc) is 2.94. The van der Waals surface area contributed by atoms with Crippen LogP contribution in [-0.2, 0) is 11.3 Å². The van der Waals surface area contributed by atoms with Gasteiger partial charge in [-0.3, -0.25) is 0 Å². The van der Waals surface area contributed by atoms with Gasteiger partial charge in [0.1, 0.15) is 6.04 Å². The molecule has 2 unspecified atom stereocenters. The molecular formula is C13H17ClN2O3S.